The molecule has 0 N–H and O–H groups in total. The van der Waals surface area contributed by atoms with E-state index < -0.39 is 0 Å². The van der Waals surface area contributed by atoms with Gasteiger partial charge in [-0.3, -0.25) is 0 Å². The average molecular weight is 361 g/mol. The number of fused-ring (bicyclic) bond motifs is 19. The number of hydrogen-bond donors (Lipinski definition) is 0. The van der Waals surface area contributed by atoms with Gasteiger partial charge in [0.1, 0.15) is 0 Å². The van der Waals surface area contributed by atoms with Crippen molar-refractivity contribution in [3.63, 3.8) is 0 Å². The van der Waals surface area contributed by atoms with Crippen molar-refractivity contribution in [1.82, 2.24) is 0 Å². The first-order valence-electron chi connectivity index (χ1n) is 11.6. The minimum Gasteiger partial charge on any atom is -0.0845 e. The number of hydrogen-bond acceptors (Lipinski definition) is 0. The van der Waals surface area contributed by atoms with Gasteiger partial charge in [0.2, 0.25) is 0 Å². The molecule has 28 heavy (non-hydrogen) atoms. The van der Waals surface area contributed by atoms with Crippen LogP contribution in [0.25, 0.3) is 11.1 Å². The van der Waals surface area contributed by atoms with Gasteiger partial charge in [-0.25, -0.2) is 0 Å². The molecule has 8 atom stereocenters. The lowest BCUT2D eigenvalue weighted by atomic mass is 9.60. The fraction of sp³-hybridized carbons (Fsp3) is 0.429. The Kier molecular flexibility index (Phi) is 2.12. The van der Waals surface area contributed by atoms with Crippen molar-refractivity contribution < 1.29 is 0 Å². The molecule has 0 nitrogen and oxygen atoms in total. The Morgan fingerprint density at radius 1 is 0.464 bits per heavy atom. The maximum Gasteiger partial charge on any atom is -0.00211 e. The van der Waals surface area contributed by atoms with Crippen LogP contribution in [0.15, 0.2) is 48.6 Å². The van der Waals surface area contributed by atoms with Crippen LogP contribution in [-0.2, 0) is 12.8 Å². The number of benzene rings is 2. The zero-order chi connectivity index (χ0) is 17.7. The summed E-state index contributed by atoms with van der Waals surface area (Å²) in [5, 5.41) is 0. The summed E-state index contributed by atoms with van der Waals surface area (Å²) in [6, 6.07) is 10.5. The van der Waals surface area contributed by atoms with Gasteiger partial charge in [-0.05, 0) is 118 Å². The smallest absolute Gasteiger partial charge is 0.00211 e. The van der Waals surface area contributed by atoms with Crippen LogP contribution in [0.1, 0.15) is 69.9 Å². The molecule has 8 unspecified atom stereocenters. The van der Waals surface area contributed by atoms with Crippen LogP contribution in [0.5, 0.6) is 0 Å². The normalized spacial score (nSPS) is 42.9. The molecule has 0 radical (unpaired) electrons. The lowest BCUT2D eigenvalue weighted by molar-refractivity contribution is 0.442. The molecule has 4 bridgehead atoms. The Bertz CT molecular complexity index is 1080. The van der Waals surface area contributed by atoms with E-state index in [9.17, 15) is 0 Å². The largest absolute Gasteiger partial charge is 0.0845 e. The Labute approximate surface area is 166 Å². The van der Waals surface area contributed by atoms with E-state index in [0.717, 1.165) is 47.3 Å². The fourth-order valence-corrected chi connectivity index (χ4v) is 8.85. The van der Waals surface area contributed by atoms with Crippen LogP contribution in [0.4, 0.5) is 0 Å². The van der Waals surface area contributed by atoms with Gasteiger partial charge in [0.05, 0.1) is 0 Å². The molecule has 2 aromatic carbocycles. The van der Waals surface area contributed by atoms with Crippen LogP contribution >= 0.6 is 0 Å². The molecular weight excluding hydrogens is 336 g/mol. The highest BCUT2D eigenvalue weighted by molar-refractivity contribution is 5.78. The molecule has 0 heterocycles. The standard InChI is InChI=1S/C28H24/c1-2-14-10-22-24(28-18-6-4-16(8-18)26(22)28)12-20(14)19-11-23-21(9-13(1)19)25-15-3-5-17(7-15)27(23)25/h3-6,9-12,15-18,25-28H,1-2,7-8H2. The summed E-state index contributed by atoms with van der Waals surface area (Å²) >= 11 is 0. The molecule has 2 saturated carbocycles. The van der Waals surface area contributed by atoms with E-state index in [2.05, 4.69) is 48.6 Å². The molecule has 0 heteroatoms. The van der Waals surface area contributed by atoms with Crippen molar-refractivity contribution in [2.45, 2.75) is 49.4 Å². The predicted molar refractivity (Wildman–Crippen MR) is 112 cm³/mol. The van der Waals surface area contributed by atoms with Crippen molar-refractivity contribution in [2.75, 3.05) is 0 Å². The third-order valence-electron chi connectivity index (χ3n) is 9.93. The highest BCUT2D eigenvalue weighted by atomic mass is 14.6. The SMILES string of the molecule is C1=CC2CC1C1c3cc4c(cc3C21)-c1cc2c(cc1CC4)C1C3C=CC(C3)C21. The van der Waals surface area contributed by atoms with Gasteiger partial charge in [0.25, 0.3) is 0 Å². The van der Waals surface area contributed by atoms with Crippen molar-refractivity contribution in [2.24, 2.45) is 23.7 Å². The van der Waals surface area contributed by atoms with Gasteiger partial charge >= 0.3 is 0 Å². The molecular formula is C28H24. The molecule has 2 fully saturated rings. The lowest BCUT2D eigenvalue weighted by Crippen LogP contribution is -2.29. The predicted octanol–water partition coefficient (Wildman–Crippen LogP) is 6.23. The molecule has 0 spiro atoms. The second kappa shape index (κ2) is 4.25. The Morgan fingerprint density at radius 3 is 1.21 bits per heavy atom. The molecule has 2 aromatic rings. The number of allylic oxidation sites excluding steroid dienone is 4. The van der Waals surface area contributed by atoms with E-state index in [0.29, 0.717) is 0 Å². The molecule has 0 amide bonds. The summed E-state index contributed by atoms with van der Waals surface area (Å²) in [4.78, 5) is 0. The molecule has 0 saturated heterocycles. The summed E-state index contributed by atoms with van der Waals surface area (Å²) in [7, 11) is 0. The second-order valence-electron chi connectivity index (χ2n) is 10.8. The zero-order valence-corrected chi connectivity index (χ0v) is 16.1. The summed E-state index contributed by atoms with van der Waals surface area (Å²) in [5.41, 5.74) is 13.3. The quantitative estimate of drug-likeness (QED) is 0.489. The van der Waals surface area contributed by atoms with Crippen molar-refractivity contribution in [3.8, 4) is 11.1 Å². The fourth-order valence-electron chi connectivity index (χ4n) is 8.85. The lowest BCUT2D eigenvalue weighted by Gasteiger charge is -2.44. The monoisotopic (exact) mass is 360 g/mol. The molecule has 7 aliphatic rings. The maximum absolute atomic E-state index is 2.64. The van der Waals surface area contributed by atoms with E-state index in [4.69, 9.17) is 0 Å². The van der Waals surface area contributed by atoms with Crippen molar-refractivity contribution in [3.05, 3.63) is 82.0 Å². The molecule has 136 valence electrons. The molecule has 9 rings (SSSR count). The van der Waals surface area contributed by atoms with Crippen LogP contribution in [0.2, 0.25) is 0 Å². The van der Waals surface area contributed by atoms with Gasteiger partial charge in [0.15, 0.2) is 0 Å². The van der Waals surface area contributed by atoms with Gasteiger partial charge in [-0.1, -0.05) is 48.6 Å². The highest BCUT2D eigenvalue weighted by Gasteiger charge is 2.55. The van der Waals surface area contributed by atoms with E-state index in [-0.39, 0.29) is 0 Å². The molecule has 0 aromatic heterocycles. The average Bonchev–Trinajstić information content (AvgIpc) is 3.46. The third kappa shape index (κ3) is 1.34. The first-order chi connectivity index (χ1) is 13.8. The molecule has 7 aliphatic carbocycles. The first kappa shape index (κ1) is 14.0. The number of rotatable bonds is 0. The van der Waals surface area contributed by atoms with Gasteiger partial charge in [0, 0.05) is 0 Å². The summed E-state index contributed by atoms with van der Waals surface area (Å²) in [6.07, 6.45) is 15.4. The van der Waals surface area contributed by atoms with Crippen molar-refractivity contribution in [1.29, 1.82) is 0 Å². The van der Waals surface area contributed by atoms with Crippen LogP contribution in [0.3, 0.4) is 0 Å². The first-order valence-corrected chi connectivity index (χ1v) is 11.6. The van der Waals surface area contributed by atoms with Crippen LogP contribution in [-0.4, -0.2) is 0 Å². The van der Waals surface area contributed by atoms with E-state index in [1.54, 1.807) is 44.5 Å². The number of aryl methyl sites for hydroxylation is 2. The molecule has 0 aliphatic heterocycles. The maximum atomic E-state index is 2.64. The summed E-state index contributed by atoms with van der Waals surface area (Å²) < 4.78 is 0. The van der Waals surface area contributed by atoms with Gasteiger partial charge in [-0.15, -0.1) is 0 Å². The zero-order valence-electron chi connectivity index (χ0n) is 16.1. The summed E-state index contributed by atoms with van der Waals surface area (Å²) in [5.74, 6) is 6.76. The van der Waals surface area contributed by atoms with Gasteiger partial charge in [-0.2, -0.15) is 0 Å². The van der Waals surface area contributed by atoms with Crippen molar-refractivity contribution >= 4 is 0 Å². The van der Waals surface area contributed by atoms with E-state index in [1.807, 2.05) is 0 Å². The Balaban J connectivity index is 1.21. The second-order valence-corrected chi connectivity index (χ2v) is 10.8. The van der Waals surface area contributed by atoms with E-state index in [1.165, 1.54) is 25.7 Å². The van der Waals surface area contributed by atoms with Gasteiger partial charge < -0.3 is 0 Å². The minimum atomic E-state index is 0.835. The topological polar surface area (TPSA) is 0 Å². The van der Waals surface area contributed by atoms with Crippen LogP contribution < -0.4 is 0 Å². The van der Waals surface area contributed by atoms with Crippen LogP contribution in [0, 0.1) is 23.7 Å². The van der Waals surface area contributed by atoms with E-state index >= 15 is 0 Å². The Morgan fingerprint density at radius 2 is 0.821 bits per heavy atom. The highest BCUT2D eigenvalue weighted by Crippen LogP contribution is 2.68. The minimum absolute atomic E-state index is 0.835. The Hall–Kier alpha value is -2.08. The third-order valence-corrected chi connectivity index (χ3v) is 9.93. The summed E-state index contributed by atoms with van der Waals surface area (Å²) in [6.45, 7) is 0.